The molecule has 24 heavy (non-hydrogen) atoms. The van der Waals surface area contributed by atoms with Crippen molar-refractivity contribution in [1.82, 2.24) is 25.4 Å². The van der Waals surface area contributed by atoms with Crippen molar-refractivity contribution in [1.29, 1.82) is 0 Å². The predicted molar refractivity (Wildman–Crippen MR) is 90.3 cm³/mol. The minimum atomic E-state index is -3.78. The molecule has 1 aromatic carbocycles. The topological polar surface area (TPSA) is 118 Å². The van der Waals surface area contributed by atoms with E-state index >= 15 is 0 Å². The van der Waals surface area contributed by atoms with Crippen LogP contribution in [0.3, 0.4) is 0 Å². The second kappa shape index (κ2) is 6.75. The maximum atomic E-state index is 12.3. The Morgan fingerprint density at radius 3 is 2.88 bits per heavy atom. The first-order chi connectivity index (χ1) is 10.9. The number of nitrogens with zero attached hydrogens (tertiary/aromatic N) is 3. The number of hydrogen-bond donors (Lipinski definition) is 3. The van der Waals surface area contributed by atoms with E-state index in [2.05, 4.69) is 25.4 Å². The van der Waals surface area contributed by atoms with E-state index in [9.17, 15) is 13.2 Å². The van der Waals surface area contributed by atoms with Gasteiger partial charge in [-0.2, -0.15) is 14.8 Å². The zero-order chi connectivity index (χ0) is 16.6. The van der Waals surface area contributed by atoms with Crippen LogP contribution in [0.25, 0.3) is 5.69 Å². The Balaban J connectivity index is 0.00000208. The Bertz CT molecular complexity index is 866. The molecule has 130 valence electrons. The first-order valence-corrected chi connectivity index (χ1v) is 8.43. The number of aromatic nitrogens is 3. The lowest BCUT2D eigenvalue weighted by Gasteiger charge is -2.19. The van der Waals surface area contributed by atoms with Crippen LogP contribution >= 0.6 is 12.4 Å². The third-order valence-corrected chi connectivity index (χ3v) is 4.93. The fraction of sp³-hybridized carbons (Fsp3) is 0.308. The lowest BCUT2D eigenvalue weighted by molar-refractivity contribution is 0.0950. The fourth-order valence-corrected chi connectivity index (χ4v) is 3.36. The van der Waals surface area contributed by atoms with E-state index in [1.807, 2.05) is 6.92 Å². The lowest BCUT2D eigenvalue weighted by atomic mass is 10.2. The zero-order valence-corrected chi connectivity index (χ0v) is 14.6. The highest BCUT2D eigenvalue weighted by Gasteiger charge is 2.29. The Kier molecular flexibility index (Phi) is 5.11. The van der Waals surface area contributed by atoms with Crippen molar-refractivity contribution >= 4 is 34.3 Å². The number of halogens is 1. The van der Waals surface area contributed by atoms with E-state index in [0.717, 1.165) is 0 Å². The summed E-state index contributed by atoms with van der Waals surface area (Å²) in [6.07, 6.45) is 1.26. The highest BCUT2D eigenvalue weighted by molar-refractivity contribution is 7.93. The van der Waals surface area contributed by atoms with Gasteiger partial charge in [0.1, 0.15) is 11.2 Å². The van der Waals surface area contributed by atoms with Crippen LogP contribution in [0.1, 0.15) is 17.3 Å². The van der Waals surface area contributed by atoms with E-state index in [-0.39, 0.29) is 40.8 Å². The van der Waals surface area contributed by atoms with Gasteiger partial charge in [0.25, 0.3) is 15.9 Å². The summed E-state index contributed by atoms with van der Waals surface area (Å²) in [5.41, 5.74) is 0.623. The molecule has 1 aliphatic rings. The molecule has 1 aromatic heterocycles. The van der Waals surface area contributed by atoms with Gasteiger partial charge in [-0.05, 0) is 32.2 Å². The van der Waals surface area contributed by atoms with Gasteiger partial charge in [0.05, 0.1) is 5.69 Å². The van der Waals surface area contributed by atoms with Crippen LogP contribution in [0.2, 0.25) is 0 Å². The van der Waals surface area contributed by atoms with E-state index in [1.54, 1.807) is 19.2 Å². The summed E-state index contributed by atoms with van der Waals surface area (Å²) in [4.78, 5) is 16.0. The van der Waals surface area contributed by atoms with Gasteiger partial charge < -0.3 is 10.6 Å². The molecule has 9 nitrogen and oxygen atoms in total. The molecule has 1 aliphatic heterocycles. The van der Waals surface area contributed by atoms with Crippen molar-refractivity contribution in [2.24, 2.45) is 0 Å². The smallest absolute Gasteiger partial charge is 0.266 e. The van der Waals surface area contributed by atoms with Crippen molar-refractivity contribution < 1.29 is 13.2 Å². The molecule has 0 spiro atoms. The molecule has 0 saturated heterocycles. The van der Waals surface area contributed by atoms with Crippen molar-refractivity contribution in [3.05, 3.63) is 30.1 Å². The summed E-state index contributed by atoms with van der Waals surface area (Å²) in [6.45, 7) is 2.36. The van der Waals surface area contributed by atoms with E-state index in [1.165, 1.54) is 17.1 Å². The van der Waals surface area contributed by atoms with Gasteiger partial charge in [0, 0.05) is 18.2 Å². The molecular formula is C13H17ClN6O3S. The van der Waals surface area contributed by atoms with Gasteiger partial charge in [-0.25, -0.2) is 13.1 Å². The molecule has 0 bridgehead atoms. The Morgan fingerprint density at radius 2 is 2.17 bits per heavy atom. The zero-order valence-electron chi connectivity index (χ0n) is 13.0. The van der Waals surface area contributed by atoms with E-state index < -0.39 is 10.0 Å². The van der Waals surface area contributed by atoms with Crippen LogP contribution in [0, 0.1) is 0 Å². The highest BCUT2D eigenvalue weighted by Crippen LogP contribution is 2.29. The van der Waals surface area contributed by atoms with Crippen LogP contribution in [0.5, 0.6) is 0 Å². The Morgan fingerprint density at radius 1 is 1.42 bits per heavy atom. The minimum Gasteiger partial charge on any atom is -0.350 e. The molecular weight excluding hydrogens is 356 g/mol. The number of hydrogen-bond acceptors (Lipinski definition) is 6. The molecule has 1 unspecified atom stereocenters. The number of likely N-dealkylation sites (N-methyl/N-ethyl adjacent to an activating group) is 1. The molecule has 0 radical (unpaired) electrons. The largest absolute Gasteiger partial charge is 0.350 e. The molecule has 1 atom stereocenters. The molecule has 1 amide bonds. The molecule has 11 heteroatoms. The predicted octanol–water partition coefficient (Wildman–Crippen LogP) is 0.141. The number of carbonyl (C=O) groups excluding carboxylic acids is 1. The van der Waals surface area contributed by atoms with Gasteiger partial charge in [-0.1, -0.05) is 0 Å². The third-order valence-electron chi connectivity index (χ3n) is 3.57. The summed E-state index contributed by atoms with van der Waals surface area (Å²) in [6, 6.07) is 4.55. The first kappa shape index (κ1) is 18.2. The standard InChI is InChI=1S/C13H16N6O3S.ClH/c1-8(14-2)6-15-12(20)9-3-4-10-11(5-9)23(21,22)18-13-16-7-17-19(10)13;/h3-5,7-8,14H,6H2,1-2H3,(H,15,20)(H,16,17,18);1H. The van der Waals surface area contributed by atoms with Crippen molar-refractivity contribution in [2.45, 2.75) is 17.9 Å². The number of sulfonamides is 1. The van der Waals surface area contributed by atoms with Crippen LogP contribution in [0.15, 0.2) is 29.4 Å². The van der Waals surface area contributed by atoms with Gasteiger partial charge in [-0.15, -0.1) is 12.4 Å². The van der Waals surface area contributed by atoms with Crippen LogP contribution in [0.4, 0.5) is 5.95 Å². The lowest BCUT2D eigenvalue weighted by Crippen LogP contribution is -2.37. The summed E-state index contributed by atoms with van der Waals surface area (Å²) >= 11 is 0. The molecule has 0 saturated carbocycles. The van der Waals surface area contributed by atoms with Gasteiger partial charge in [-0.3, -0.25) is 4.79 Å². The maximum Gasteiger partial charge on any atom is 0.266 e. The third kappa shape index (κ3) is 3.21. The first-order valence-electron chi connectivity index (χ1n) is 6.95. The molecule has 2 aromatic rings. The second-order valence-electron chi connectivity index (χ2n) is 5.18. The van der Waals surface area contributed by atoms with Gasteiger partial charge in [0.2, 0.25) is 5.95 Å². The van der Waals surface area contributed by atoms with E-state index in [4.69, 9.17) is 0 Å². The molecule has 0 aliphatic carbocycles. The Hall–Kier alpha value is -2.17. The molecule has 2 heterocycles. The van der Waals surface area contributed by atoms with Crippen molar-refractivity contribution in [3.63, 3.8) is 0 Å². The SMILES string of the molecule is CNC(C)CNC(=O)c1ccc2c(c1)S(=O)(=O)Nc1ncnn1-2.Cl. The monoisotopic (exact) mass is 372 g/mol. The number of fused-ring (bicyclic) bond motifs is 3. The number of amides is 1. The maximum absolute atomic E-state index is 12.3. The molecule has 3 rings (SSSR count). The average molecular weight is 373 g/mol. The minimum absolute atomic E-state index is 0. The van der Waals surface area contributed by atoms with Crippen LogP contribution < -0.4 is 15.4 Å². The fourth-order valence-electron chi connectivity index (χ4n) is 2.16. The number of carbonyl (C=O) groups is 1. The van der Waals surface area contributed by atoms with Crippen molar-refractivity contribution in [2.75, 3.05) is 18.3 Å². The molecule has 0 fully saturated rings. The quantitative estimate of drug-likeness (QED) is 0.702. The van der Waals surface area contributed by atoms with E-state index in [0.29, 0.717) is 12.2 Å². The molecule has 3 N–H and O–H groups in total. The van der Waals surface area contributed by atoms with Gasteiger partial charge in [0.15, 0.2) is 0 Å². The van der Waals surface area contributed by atoms with Crippen LogP contribution in [-0.4, -0.2) is 48.7 Å². The average Bonchev–Trinajstić information content (AvgIpc) is 2.99. The van der Waals surface area contributed by atoms with Crippen molar-refractivity contribution in [3.8, 4) is 5.69 Å². The highest BCUT2D eigenvalue weighted by atomic mass is 35.5. The second-order valence-corrected chi connectivity index (χ2v) is 6.83. The van der Waals surface area contributed by atoms with Crippen LogP contribution in [-0.2, 0) is 10.0 Å². The summed E-state index contributed by atoms with van der Waals surface area (Å²) < 4.78 is 28.3. The summed E-state index contributed by atoms with van der Waals surface area (Å²) in [5, 5.41) is 9.73. The number of benzene rings is 1. The normalized spacial score (nSPS) is 15.2. The Labute approximate surface area is 145 Å². The number of nitrogens with one attached hydrogen (secondary N) is 3. The number of anilines is 1. The number of rotatable bonds is 4. The summed E-state index contributed by atoms with van der Waals surface area (Å²) in [7, 11) is -1.99. The van der Waals surface area contributed by atoms with Gasteiger partial charge >= 0.3 is 0 Å². The summed E-state index contributed by atoms with van der Waals surface area (Å²) in [5.74, 6) is -0.216.